The Morgan fingerprint density at radius 3 is 2.36 bits per heavy atom. The molecule has 2 aliphatic rings. The third-order valence-electron chi connectivity index (χ3n) is 4.90. The highest BCUT2D eigenvalue weighted by Gasteiger charge is 2.42. The maximum Gasteiger partial charge on any atom is 0.311 e. The zero-order valence-corrected chi connectivity index (χ0v) is 12.4. The minimum Gasteiger partial charge on any atom is -0.481 e. The summed E-state index contributed by atoms with van der Waals surface area (Å²) in [5.41, 5.74) is 2.04. The van der Waals surface area contributed by atoms with E-state index in [0.29, 0.717) is 0 Å². The van der Waals surface area contributed by atoms with E-state index in [0.717, 1.165) is 17.9 Å². The van der Waals surface area contributed by atoms with Crippen molar-refractivity contribution in [3.8, 4) is 0 Å². The first kappa shape index (κ1) is 15.5. The van der Waals surface area contributed by atoms with Crippen LogP contribution in [-0.4, -0.2) is 40.1 Å². The van der Waals surface area contributed by atoms with Crippen molar-refractivity contribution in [2.45, 2.75) is 44.0 Å². The molecule has 0 aromatic heterocycles. The molecule has 0 radical (unpaired) electrons. The number of aliphatic hydroxyl groups is 2. The van der Waals surface area contributed by atoms with Crippen LogP contribution in [0.3, 0.4) is 0 Å². The van der Waals surface area contributed by atoms with E-state index in [1.54, 1.807) is 0 Å². The smallest absolute Gasteiger partial charge is 0.311 e. The van der Waals surface area contributed by atoms with Gasteiger partial charge in [-0.3, -0.25) is 4.79 Å². The molecule has 1 heterocycles. The number of benzene rings is 1. The van der Waals surface area contributed by atoms with Gasteiger partial charge in [0.25, 0.3) is 0 Å². The van der Waals surface area contributed by atoms with Crippen molar-refractivity contribution in [1.82, 2.24) is 0 Å². The van der Waals surface area contributed by atoms with Crippen LogP contribution in [-0.2, 0) is 16.0 Å². The van der Waals surface area contributed by atoms with Gasteiger partial charge in [-0.15, -0.1) is 0 Å². The lowest BCUT2D eigenvalue weighted by molar-refractivity contribution is -0.185. The molecule has 0 amide bonds. The van der Waals surface area contributed by atoms with Crippen LogP contribution in [0.1, 0.15) is 36.5 Å². The third kappa shape index (κ3) is 3.02. The van der Waals surface area contributed by atoms with Gasteiger partial charge in [-0.2, -0.15) is 0 Å². The van der Waals surface area contributed by atoms with Gasteiger partial charge in [-0.1, -0.05) is 43.5 Å². The molecular formula is C17H22O5. The minimum absolute atomic E-state index is 0.0952. The van der Waals surface area contributed by atoms with Crippen molar-refractivity contribution >= 4 is 5.97 Å². The van der Waals surface area contributed by atoms with Crippen molar-refractivity contribution in [2.75, 3.05) is 6.61 Å². The molecule has 1 aliphatic carbocycles. The number of rotatable bonds is 4. The molecule has 5 nitrogen and oxygen atoms in total. The van der Waals surface area contributed by atoms with Crippen LogP contribution in [0.2, 0.25) is 0 Å². The lowest BCUT2D eigenvalue weighted by Gasteiger charge is -2.36. The van der Waals surface area contributed by atoms with Crippen LogP contribution >= 0.6 is 0 Å². The van der Waals surface area contributed by atoms with Crippen molar-refractivity contribution in [3.05, 3.63) is 35.4 Å². The number of carboxylic acid groups (broad SMARTS) is 1. The summed E-state index contributed by atoms with van der Waals surface area (Å²) < 4.78 is 5.48. The van der Waals surface area contributed by atoms with Crippen molar-refractivity contribution in [2.24, 2.45) is 11.8 Å². The fourth-order valence-corrected chi connectivity index (χ4v) is 3.21. The predicted molar refractivity (Wildman–Crippen MR) is 79.3 cm³/mol. The molecule has 2 fully saturated rings. The van der Waals surface area contributed by atoms with Crippen molar-refractivity contribution < 1.29 is 24.9 Å². The number of ether oxygens (including phenoxy) is 1. The summed E-state index contributed by atoms with van der Waals surface area (Å²) in [6.07, 6.45) is 1.79. The summed E-state index contributed by atoms with van der Waals surface area (Å²) in [4.78, 5) is 11.0. The van der Waals surface area contributed by atoms with E-state index >= 15 is 0 Å². The fourth-order valence-electron chi connectivity index (χ4n) is 3.21. The Hall–Kier alpha value is -1.43. The van der Waals surface area contributed by atoms with Crippen LogP contribution in [0, 0.1) is 11.8 Å². The fraction of sp³-hybridized carbons (Fsp3) is 0.588. The second-order valence-electron chi connectivity index (χ2n) is 6.42. The van der Waals surface area contributed by atoms with E-state index in [-0.39, 0.29) is 6.61 Å². The molecule has 3 N–H and O–H groups in total. The van der Waals surface area contributed by atoms with Gasteiger partial charge in [0.2, 0.25) is 0 Å². The first-order valence-corrected chi connectivity index (χ1v) is 7.85. The number of carboxylic acids is 1. The Balaban J connectivity index is 1.67. The molecule has 1 saturated carbocycles. The van der Waals surface area contributed by atoms with E-state index in [9.17, 15) is 15.0 Å². The lowest BCUT2D eigenvalue weighted by Crippen LogP contribution is -2.48. The molecule has 3 rings (SSSR count). The Morgan fingerprint density at radius 2 is 1.82 bits per heavy atom. The highest BCUT2D eigenvalue weighted by molar-refractivity contribution is 5.71. The molecule has 0 unspecified atom stereocenters. The molecule has 1 aliphatic heterocycles. The molecule has 1 aromatic carbocycles. The number of hydrogen-bond acceptors (Lipinski definition) is 4. The van der Waals surface area contributed by atoms with Gasteiger partial charge in [-0.25, -0.2) is 0 Å². The predicted octanol–water partition coefficient (Wildman–Crippen LogP) is 1.52. The summed E-state index contributed by atoms with van der Waals surface area (Å²) in [5.74, 6) is -1.44. The number of aliphatic hydroxyl groups excluding tert-OH is 2. The largest absolute Gasteiger partial charge is 0.481 e. The van der Waals surface area contributed by atoms with Gasteiger partial charge in [0.15, 0.2) is 0 Å². The summed E-state index contributed by atoms with van der Waals surface area (Å²) in [5, 5.41) is 29.1. The van der Waals surface area contributed by atoms with Crippen LogP contribution in [0.5, 0.6) is 0 Å². The molecule has 22 heavy (non-hydrogen) atoms. The highest BCUT2D eigenvalue weighted by atomic mass is 16.5. The molecule has 5 heteroatoms. The van der Waals surface area contributed by atoms with Crippen molar-refractivity contribution in [3.63, 3.8) is 0 Å². The topological polar surface area (TPSA) is 87.0 Å². The minimum atomic E-state index is -1.31. The summed E-state index contributed by atoms with van der Waals surface area (Å²) in [7, 11) is 0. The molecule has 0 bridgehead atoms. The van der Waals surface area contributed by atoms with E-state index in [2.05, 4.69) is 0 Å². The van der Waals surface area contributed by atoms with Crippen LogP contribution in [0.25, 0.3) is 0 Å². The van der Waals surface area contributed by atoms with Crippen molar-refractivity contribution in [1.29, 1.82) is 0 Å². The Labute approximate surface area is 129 Å². The maximum atomic E-state index is 11.0. The van der Waals surface area contributed by atoms with Gasteiger partial charge in [-0.05, 0) is 23.5 Å². The van der Waals surface area contributed by atoms with E-state index in [4.69, 9.17) is 9.84 Å². The highest BCUT2D eigenvalue weighted by Crippen LogP contribution is 2.33. The first-order chi connectivity index (χ1) is 10.6. The standard InChI is InChI=1S/C17H22O5/c18-14-13(17(20)21)9-22-16(15(14)19)12-6-4-11(5-7-12)8-10-2-1-3-10/h4-7,10,13-16,18-19H,1-3,8-9H2,(H,20,21)/t13-,14-,15-,16-/m1/s1. The molecule has 1 saturated heterocycles. The van der Waals surface area contributed by atoms with Crippen LogP contribution < -0.4 is 0 Å². The van der Waals surface area contributed by atoms with Crippen LogP contribution in [0.15, 0.2) is 24.3 Å². The van der Waals surface area contributed by atoms with E-state index in [1.807, 2.05) is 24.3 Å². The average Bonchev–Trinajstić information content (AvgIpc) is 2.46. The molecule has 0 spiro atoms. The van der Waals surface area contributed by atoms with E-state index in [1.165, 1.54) is 24.8 Å². The quantitative estimate of drug-likeness (QED) is 0.785. The summed E-state index contributed by atoms with van der Waals surface area (Å²) in [6, 6.07) is 7.85. The lowest BCUT2D eigenvalue weighted by atomic mass is 9.80. The summed E-state index contributed by atoms with van der Waals surface area (Å²) >= 11 is 0. The van der Waals surface area contributed by atoms with Gasteiger partial charge in [0.1, 0.15) is 18.1 Å². The first-order valence-electron chi connectivity index (χ1n) is 7.85. The van der Waals surface area contributed by atoms with Gasteiger partial charge < -0.3 is 20.1 Å². The summed E-state index contributed by atoms with van der Waals surface area (Å²) in [6.45, 7) is -0.0952. The monoisotopic (exact) mass is 306 g/mol. The zero-order chi connectivity index (χ0) is 15.7. The van der Waals surface area contributed by atoms with Crippen LogP contribution in [0.4, 0.5) is 0 Å². The van der Waals surface area contributed by atoms with E-state index < -0.39 is 30.2 Å². The molecule has 120 valence electrons. The zero-order valence-electron chi connectivity index (χ0n) is 12.4. The second-order valence-corrected chi connectivity index (χ2v) is 6.42. The Morgan fingerprint density at radius 1 is 1.14 bits per heavy atom. The maximum absolute atomic E-state index is 11.0. The number of aliphatic carboxylic acids is 1. The second kappa shape index (κ2) is 6.36. The normalized spacial score (nSPS) is 32.5. The molecular weight excluding hydrogens is 284 g/mol. The SMILES string of the molecule is O=C(O)[C@@H]1CO[C@H](c2ccc(CC3CCC3)cc2)[C@H](O)[C@@H]1O. The molecule has 4 atom stereocenters. The van der Waals surface area contributed by atoms with Gasteiger partial charge >= 0.3 is 5.97 Å². The third-order valence-corrected chi connectivity index (χ3v) is 4.90. The molecule has 1 aromatic rings. The average molecular weight is 306 g/mol. The van der Waals surface area contributed by atoms with Gasteiger partial charge in [0, 0.05) is 0 Å². The number of hydrogen-bond donors (Lipinski definition) is 3. The Bertz CT molecular complexity index is 522. The number of carbonyl (C=O) groups is 1. The Kier molecular flexibility index (Phi) is 4.47. The van der Waals surface area contributed by atoms with Gasteiger partial charge in [0.05, 0.1) is 12.7 Å².